The molecule has 1 amide bonds. The van der Waals surface area contributed by atoms with Gasteiger partial charge in [-0.15, -0.1) is 0 Å². The van der Waals surface area contributed by atoms with Crippen LogP contribution in [0.1, 0.15) is 28.0 Å². The van der Waals surface area contributed by atoms with Crippen molar-refractivity contribution in [2.24, 2.45) is 0 Å². The summed E-state index contributed by atoms with van der Waals surface area (Å²) in [6, 6.07) is 12.7. The van der Waals surface area contributed by atoms with Crippen molar-refractivity contribution in [2.45, 2.75) is 25.3 Å². The quantitative estimate of drug-likeness (QED) is 0.757. The zero-order chi connectivity index (χ0) is 18.1. The first-order chi connectivity index (χ1) is 12.6. The van der Waals surface area contributed by atoms with Gasteiger partial charge in [0.1, 0.15) is 11.6 Å². The SMILES string of the molecule is O=C(NC1CCc2cc(O)ccc2C1)c1cc(-c2ccc(F)cc2)on1. The molecule has 1 unspecified atom stereocenters. The number of nitrogens with one attached hydrogen (secondary N) is 1. The summed E-state index contributed by atoms with van der Waals surface area (Å²) in [6.07, 6.45) is 2.31. The van der Waals surface area contributed by atoms with Crippen LogP contribution < -0.4 is 5.32 Å². The smallest absolute Gasteiger partial charge is 0.273 e. The van der Waals surface area contributed by atoms with E-state index in [4.69, 9.17) is 4.52 Å². The molecule has 1 aliphatic rings. The zero-order valence-corrected chi connectivity index (χ0v) is 13.9. The van der Waals surface area contributed by atoms with Crippen molar-refractivity contribution in [3.8, 4) is 17.1 Å². The number of hydrogen-bond acceptors (Lipinski definition) is 4. The molecule has 0 radical (unpaired) electrons. The number of carbonyl (C=O) groups is 1. The molecule has 1 aliphatic carbocycles. The Morgan fingerprint density at radius 2 is 1.96 bits per heavy atom. The van der Waals surface area contributed by atoms with Gasteiger partial charge in [-0.25, -0.2) is 4.39 Å². The van der Waals surface area contributed by atoms with Crippen LogP contribution in [0.2, 0.25) is 0 Å². The zero-order valence-electron chi connectivity index (χ0n) is 13.9. The Kier molecular flexibility index (Phi) is 4.16. The average Bonchev–Trinajstić information content (AvgIpc) is 3.13. The van der Waals surface area contributed by atoms with Gasteiger partial charge >= 0.3 is 0 Å². The van der Waals surface area contributed by atoms with Crippen LogP contribution in [0.15, 0.2) is 53.1 Å². The van der Waals surface area contributed by atoms with Crippen molar-refractivity contribution in [3.63, 3.8) is 0 Å². The predicted molar refractivity (Wildman–Crippen MR) is 93.3 cm³/mol. The minimum absolute atomic E-state index is 0.00511. The maximum Gasteiger partial charge on any atom is 0.273 e. The van der Waals surface area contributed by atoms with E-state index >= 15 is 0 Å². The minimum atomic E-state index is -0.336. The Hall–Kier alpha value is -3.15. The van der Waals surface area contributed by atoms with E-state index in [-0.39, 0.29) is 29.2 Å². The van der Waals surface area contributed by atoms with Crippen LogP contribution in [0.3, 0.4) is 0 Å². The maximum atomic E-state index is 13.0. The number of benzene rings is 2. The average molecular weight is 352 g/mol. The van der Waals surface area contributed by atoms with E-state index in [1.54, 1.807) is 30.3 Å². The van der Waals surface area contributed by atoms with Gasteiger partial charge in [0.15, 0.2) is 11.5 Å². The van der Waals surface area contributed by atoms with E-state index in [9.17, 15) is 14.3 Å². The molecule has 0 bridgehead atoms. The monoisotopic (exact) mass is 352 g/mol. The number of halogens is 1. The van der Waals surface area contributed by atoms with Crippen molar-refractivity contribution in [2.75, 3.05) is 0 Å². The van der Waals surface area contributed by atoms with E-state index in [1.807, 2.05) is 6.07 Å². The molecule has 2 N–H and O–H groups in total. The molecular weight excluding hydrogens is 335 g/mol. The third-order valence-electron chi connectivity index (χ3n) is 4.63. The van der Waals surface area contributed by atoms with Crippen molar-refractivity contribution in [1.82, 2.24) is 10.5 Å². The molecule has 6 heteroatoms. The Balaban J connectivity index is 1.44. The molecule has 26 heavy (non-hydrogen) atoms. The van der Waals surface area contributed by atoms with E-state index in [0.29, 0.717) is 17.7 Å². The van der Waals surface area contributed by atoms with Gasteiger partial charge in [-0.1, -0.05) is 11.2 Å². The van der Waals surface area contributed by atoms with Crippen molar-refractivity contribution in [3.05, 3.63) is 71.2 Å². The second-order valence-corrected chi connectivity index (χ2v) is 6.45. The van der Waals surface area contributed by atoms with Crippen LogP contribution >= 0.6 is 0 Å². The molecule has 4 rings (SSSR count). The van der Waals surface area contributed by atoms with Gasteiger partial charge in [0.25, 0.3) is 5.91 Å². The topological polar surface area (TPSA) is 75.4 Å². The highest BCUT2D eigenvalue weighted by Gasteiger charge is 2.22. The standard InChI is InChI=1S/C20H17FN2O3/c21-15-5-1-12(2-6-15)19-11-18(23-26-19)20(25)22-16-7-3-14-10-17(24)8-4-13(14)9-16/h1-2,4-6,8,10-11,16,24H,3,7,9H2,(H,22,25). The van der Waals surface area contributed by atoms with Gasteiger partial charge in [0.2, 0.25) is 0 Å². The number of aryl methyl sites for hydroxylation is 1. The number of rotatable bonds is 3. The van der Waals surface area contributed by atoms with Gasteiger partial charge in [-0.3, -0.25) is 4.79 Å². The van der Waals surface area contributed by atoms with Gasteiger partial charge in [-0.05, 0) is 66.8 Å². The summed E-state index contributed by atoms with van der Waals surface area (Å²) < 4.78 is 18.2. The number of nitrogens with zero attached hydrogens (tertiary/aromatic N) is 1. The molecule has 0 saturated carbocycles. The number of aromatic nitrogens is 1. The number of fused-ring (bicyclic) bond motifs is 1. The number of hydrogen-bond donors (Lipinski definition) is 2. The Labute approximate surface area is 149 Å². The summed E-state index contributed by atoms with van der Waals surface area (Å²) in [5.41, 5.74) is 3.10. The van der Waals surface area contributed by atoms with Crippen LogP contribution in [-0.2, 0) is 12.8 Å². The Morgan fingerprint density at radius 3 is 2.77 bits per heavy atom. The number of phenolic OH excluding ortho intramolecular Hbond substituents is 1. The van der Waals surface area contributed by atoms with Gasteiger partial charge in [-0.2, -0.15) is 0 Å². The number of phenols is 1. The number of aromatic hydroxyl groups is 1. The molecule has 0 saturated heterocycles. The summed E-state index contributed by atoms with van der Waals surface area (Å²) in [5, 5.41) is 16.4. The van der Waals surface area contributed by atoms with E-state index < -0.39 is 0 Å². The lowest BCUT2D eigenvalue weighted by Crippen LogP contribution is -2.38. The van der Waals surface area contributed by atoms with Crippen LogP contribution in [0.25, 0.3) is 11.3 Å². The van der Waals surface area contributed by atoms with Crippen LogP contribution in [0, 0.1) is 5.82 Å². The molecule has 0 spiro atoms. The fourth-order valence-corrected chi connectivity index (χ4v) is 3.26. The first-order valence-electron chi connectivity index (χ1n) is 8.43. The largest absolute Gasteiger partial charge is 0.508 e. The third-order valence-corrected chi connectivity index (χ3v) is 4.63. The van der Waals surface area contributed by atoms with Gasteiger partial charge < -0.3 is 14.9 Å². The molecule has 5 nitrogen and oxygen atoms in total. The molecule has 0 fully saturated rings. The summed E-state index contributed by atoms with van der Waals surface area (Å²) >= 11 is 0. The molecule has 132 valence electrons. The van der Waals surface area contributed by atoms with Gasteiger partial charge in [0, 0.05) is 17.7 Å². The second-order valence-electron chi connectivity index (χ2n) is 6.45. The van der Waals surface area contributed by atoms with E-state index in [0.717, 1.165) is 24.0 Å². The summed E-state index contributed by atoms with van der Waals surface area (Å²) in [7, 11) is 0. The second kappa shape index (κ2) is 6.63. The maximum absolute atomic E-state index is 13.0. The molecule has 1 atom stereocenters. The number of amides is 1. The van der Waals surface area contributed by atoms with E-state index in [2.05, 4.69) is 10.5 Å². The van der Waals surface area contributed by atoms with Crippen LogP contribution in [0.5, 0.6) is 5.75 Å². The molecule has 0 aliphatic heterocycles. The number of carbonyl (C=O) groups excluding carboxylic acids is 1. The Bertz CT molecular complexity index is 950. The van der Waals surface area contributed by atoms with Crippen molar-refractivity contribution in [1.29, 1.82) is 0 Å². The highest BCUT2D eigenvalue weighted by Crippen LogP contribution is 2.25. The summed E-state index contributed by atoms with van der Waals surface area (Å²) in [4.78, 5) is 12.4. The fraction of sp³-hybridized carbons (Fsp3) is 0.200. The van der Waals surface area contributed by atoms with Gasteiger partial charge in [0.05, 0.1) is 0 Å². The summed E-state index contributed by atoms with van der Waals surface area (Å²) in [5.74, 6) is 0.0493. The molecule has 3 aromatic rings. The van der Waals surface area contributed by atoms with Crippen LogP contribution in [-0.4, -0.2) is 22.2 Å². The fourth-order valence-electron chi connectivity index (χ4n) is 3.26. The van der Waals surface area contributed by atoms with E-state index in [1.165, 1.54) is 12.1 Å². The summed E-state index contributed by atoms with van der Waals surface area (Å²) in [6.45, 7) is 0. The molecular formula is C20H17FN2O3. The highest BCUT2D eigenvalue weighted by molar-refractivity contribution is 5.93. The third kappa shape index (κ3) is 3.31. The van der Waals surface area contributed by atoms with Crippen LogP contribution in [0.4, 0.5) is 4.39 Å². The lowest BCUT2D eigenvalue weighted by atomic mass is 9.88. The first kappa shape index (κ1) is 16.3. The van der Waals surface area contributed by atoms with Crippen molar-refractivity contribution < 1.29 is 18.8 Å². The lowest BCUT2D eigenvalue weighted by molar-refractivity contribution is 0.0924. The molecule has 2 aromatic carbocycles. The predicted octanol–water partition coefficient (Wildman–Crippen LogP) is 3.47. The Morgan fingerprint density at radius 1 is 1.15 bits per heavy atom. The van der Waals surface area contributed by atoms with Crippen molar-refractivity contribution >= 4 is 5.91 Å². The normalized spacial score (nSPS) is 16.1. The first-order valence-corrected chi connectivity index (χ1v) is 8.43. The molecule has 1 heterocycles. The minimum Gasteiger partial charge on any atom is -0.508 e. The molecule has 1 aromatic heterocycles. The highest BCUT2D eigenvalue weighted by atomic mass is 19.1. The lowest BCUT2D eigenvalue weighted by Gasteiger charge is -2.25.